The minimum Gasteiger partial charge on any atom is -0.306 e. The number of hydrogen-bond acceptors (Lipinski definition) is 3. The van der Waals surface area contributed by atoms with Crippen molar-refractivity contribution < 1.29 is 12.8 Å². The number of benzene rings is 1. The molecule has 1 aromatic carbocycles. The highest BCUT2D eigenvalue weighted by molar-refractivity contribution is 9.10. The average Bonchev–Trinajstić information content (AvgIpc) is 2.56. The summed E-state index contributed by atoms with van der Waals surface area (Å²) in [6.07, 6.45) is 0.605. The van der Waals surface area contributed by atoms with E-state index in [0.29, 0.717) is 17.4 Å². The van der Waals surface area contributed by atoms with Crippen LogP contribution in [0.1, 0.15) is 18.9 Å². The number of hydrogen-bond donors (Lipinski definition) is 1. The van der Waals surface area contributed by atoms with Gasteiger partial charge in [-0.1, -0.05) is 6.07 Å². The Labute approximate surface area is 115 Å². The Morgan fingerprint density at radius 2 is 2.22 bits per heavy atom. The van der Waals surface area contributed by atoms with Crippen LogP contribution in [0.15, 0.2) is 22.7 Å². The van der Waals surface area contributed by atoms with Crippen LogP contribution in [0.2, 0.25) is 0 Å². The van der Waals surface area contributed by atoms with E-state index in [1.165, 1.54) is 6.07 Å². The molecule has 0 spiro atoms. The molecule has 2 rings (SSSR count). The second kappa shape index (κ2) is 4.90. The summed E-state index contributed by atoms with van der Waals surface area (Å²) >= 11 is 3.10. The smallest absolute Gasteiger partial charge is 0.152 e. The van der Waals surface area contributed by atoms with Crippen molar-refractivity contribution in [2.75, 3.05) is 11.5 Å². The van der Waals surface area contributed by atoms with Gasteiger partial charge in [0.15, 0.2) is 9.84 Å². The lowest BCUT2D eigenvalue weighted by Crippen LogP contribution is -2.42. The lowest BCUT2D eigenvalue weighted by molar-refractivity contribution is 0.395. The van der Waals surface area contributed by atoms with Crippen molar-refractivity contribution in [1.82, 2.24) is 5.32 Å². The molecule has 0 aliphatic carbocycles. The molecule has 1 atom stereocenters. The molecule has 6 heteroatoms. The van der Waals surface area contributed by atoms with Crippen molar-refractivity contribution in [2.24, 2.45) is 0 Å². The van der Waals surface area contributed by atoms with Crippen LogP contribution < -0.4 is 5.32 Å². The Morgan fingerprint density at radius 1 is 1.50 bits per heavy atom. The summed E-state index contributed by atoms with van der Waals surface area (Å²) in [5.41, 5.74) is 0.406. The van der Waals surface area contributed by atoms with Gasteiger partial charge in [0.25, 0.3) is 0 Å². The van der Waals surface area contributed by atoms with Gasteiger partial charge in [0.2, 0.25) is 0 Å². The van der Waals surface area contributed by atoms with Crippen molar-refractivity contribution >= 4 is 25.8 Å². The van der Waals surface area contributed by atoms with E-state index in [4.69, 9.17) is 0 Å². The van der Waals surface area contributed by atoms with Crippen LogP contribution in [0.25, 0.3) is 0 Å². The molecule has 0 radical (unpaired) electrons. The molecule has 18 heavy (non-hydrogen) atoms. The fourth-order valence-corrected chi connectivity index (χ4v) is 4.48. The van der Waals surface area contributed by atoms with Crippen molar-refractivity contribution in [3.05, 3.63) is 34.1 Å². The summed E-state index contributed by atoms with van der Waals surface area (Å²) in [5, 5.41) is 3.22. The zero-order valence-corrected chi connectivity index (χ0v) is 12.4. The van der Waals surface area contributed by atoms with Gasteiger partial charge in [-0.15, -0.1) is 0 Å². The van der Waals surface area contributed by atoms with Crippen molar-refractivity contribution in [3.8, 4) is 0 Å². The molecule has 0 aromatic heterocycles. The van der Waals surface area contributed by atoms with Gasteiger partial charge < -0.3 is 5.32 Å². The third kappa shape index (κ3) is 3.30. The van der Waals surface area contributed by atoms with E-state index in [2.05, 4.69) is 21.2 Å². The third-order valence-electron chi connectivity index (χ3n) is 3.21. The minimum absolute atomic E-state index is 0.152. The molecule has 1 saturated heterocycles. The van der Waals surface area contributed by atoms with Gasteiger partial charge in [0.1, 0.15) is 5.82 Å². The Balaban J connectivity index is 2.02. The molecule has 3 nitrogen and oxygen atoms in total. The van der Waals surface area contributed by atoms with Gasteiger partial charge >= 0.3 is 0 Å². The maximum Gasteiger partial charge on any atom is 0.152 e. The van der Waals surface area contributed by atoms with E-state index in [1.807, 2.05) is 13.0 Å². The standard InChI is InChI=1S/C12H15BrFNO2S/c1-12(4-5-18(16,17)8-12)15-7-9-2-3-10(13)11(14)6-9/h2-3,6,15H,4-5,7-8H2,1H3. The van der Waals surface area contributed by atoms with Crippen LogP contribution in [0.3, 0.4) is 0 Å². The number of nitrogens with one attached hydrogen (secondary N) is 1. The first-order valence-electron chi connectivity index (χ1n) is 5.69. The zero-order valence-electron chi connectivity index (χ0n) is 10.0. The van der Waals surface area contributed by atoms with Gasteiger partial charge in [-0.25, -0.2) is 12.8 Å². The highest BCUT2D eigenvalue weighted by Gasteiger charge is 2.37. The summed E-state index contributed by atoms with van der Waals surface area (Å²) in [5.74, 6) is 0.0722. The van der Waals surface area contributed by atoms with Crippen LogP contribution in [0, 0.1) is 5.82 Å². The van der Waals surface area contributed by atoms with E-state index >= 15 is 0 Å². The van der Waals surface area contributed by atoms with E-state index < -0.39 is 15.4 Å². The number of rotatable bonds is 3. The van der Waals surface area contributed by atoms with Gasteiger partial charge in [-0.3, -0.25) is 0 Å². The van der Waals surface area contributed by atoms with Gasteiger partial charge in [0, 0.05) is 12.1 Å². The topological polar surface area (TPSA) is 46.2 Å². The van der Waals surface area contributed by atoms with Crippen LogP contribution in [-0.2, 0) is 16.4 Å². The molecular weight excluding hydrogens is 321 g/mol. The molecule has 1 N–H and O–H groups in total. The maximum absolute atomic E-state index is 13.3. The highest BCUT2D eigenvalue weighted by Crippen LogP contribution is 2.23. The van der Waals surface area contributed by atoms with Gasteiger partial charge in [0.05, 0.1) is 16.0 Å². The monoisotopic (exact) mass is 335 g/mol. The number of sulfone groups is 1. The molecular formula is C12H15BrFNO2S. The molecule has 0 bridgehead atoms. The molecule has 1 heterocycles. The third-order valence-corrected chi connectivity index (χ3v) is 5.75. The molecule has 100 valence electrons. The van der Waals surface area contributed by atoms with E-state index in [-0.39, 0.29) is 17.3 Å². The molecule has 1 fully saturated rings. The summed E-state index contributed by atoms with van der Waals surface area (Å²) in [4.78, 5) is 0. The summed E-state index contributed by atoms with van der Waals surface area (Å²) in [6.45, 7) is 2.36. The van der Waals surface area contributed by atoms with Crippen LogP contribution >= 0.6 is 15.9 Å². The Bertz CT molecular complexity index is 561. The molecule has 1 aliphatic heterocycles. The van der Waals surface area contributed by atoms with Gasteiger partial charge in [-0.05, 0) is 47.0 Å². The second-order valence-electron chi connectivity index (χ2n) is 5.00. The lowest BCUT2D eigenvalue weighted by Gasteiger charge is -2.24. The highest BCUT2D eigenvalue weighted by atomic mass is 79.9. The first kappa shape index (κ1) is 14.0. The fourth-order valence-electron chi connectivity index (χ4n) is 2.11. The van der Waals surface area contributed by atoms with Crippen molar-refractivity contribution in [1.29, 1.82) is 0 Å². The molecule has 0 saturated carbocycles. The van der Waals surface area contributed by atoms with E-state index in [1.54, 1.807) is 6.07 Å². The predicted molar refractivity (Wildman–Crippen MR) is 72.6 cm³/mol. The van der Waals surface area contributed by atoms with E-state index in [0.717, 1.165) is 5.56 Å². The molecule has 1 aliphatic rings. The second-order valence-corrected chi connectivity index (χ2v) is 8.04. The lowest BCUT2D eigenvalue weighted by atomic mass is 10.0. The van der Waals surface area contributed by atoms with E-state index in [9.17, 15) is 12.8 Å². The molecule has 1 unspecified atom stereocenters. The van der Waals surface area contributed by atoms with Gasteiger partial charge in [-0.2, -0.15) is 0 Å². The average molecular weight is 336 g/mol. The van der Waals surface area contributed by atoms with Crippen LogP contribution in [-0.4, -0.2) is 25.5 Å². The Kier molecular flexibility index (Phi) is 3.80. The Morgan fingerprint density at radius 3 is 2.78 bits per heavy atom. The Hall–Kier alpha value is -0.460. The van der Waals surface area contributed by atoms with Crippen molar-refractivity contribution in [2.45, 2.75) is 25.4 Å². The summed E-state index contributed by atoms with van der Waals surface area (Å²) in [7, 11) is -2.92. The predicted octanol–water partition coefficient (Wildman–Crippen LogP) is 2.26. The maximum atomic E-state index is 13.3. The minimum atomic E-state index is -2.92. The SMILES string of the molecule is CC1(NCc2ccc(Br)c(F)c2)CCS(=O)(=O)C1. The quantitative estimate of drug-likeness (QED) is 0.921. The van der Waals surface area contributed by atoms with Crippen LogP contribution in [0.4, 0.5) is 4.39 Å². The first-order valence-corrected chi connectivity index (χ1v) is 8.31. The summed E-state index contributed by atoms with van der Waals surface area (Å²) < 4.78 is 36.7. The summed E-state index contributed by atoms with van der Waals surface area (Å²) in [6, 6.07) is 4.91. The molecule has 1 aromatic rings. The largest absolute Gasteiger partial charge is 0.306 e. The van der Waals surface area contributed by atoms with Crippen molar-refractivity contribution in [3.63, 3.8) is 0 Å². The molecule has 0 amide bonds. The zero-order chi connectivity index (χ0) is 13.4. The number of halogens is 2. The fraction of sp³-hybridized carbons (Fsp3) is 0.500. The first-order chi connectivity index (χ1) is 8.30. The normalized spacial score (nSPS) is 26.4. The van der Waals surface area contributed by atoms with Crippen LogP contribution in [0.5, 0.6) is 0 Å².